The number of amides is 1. The number of thiophene rings is 1. The molecule has 0 saturated heterocycles. The number of aromatic nitrogens is 2. The van der Waals surface area contributed by atoms with Crippen molar-refractivity contribution in [1.82, 2.24) is 15.3 Å². The largest absolute Gasteiger partial charge is 0.489 e. The summed E-state index contributed by atoms with van der Waals surface area (Å²) in [6.07, 6.45) is 6.72. The number of nitrogens with one attached hydrogen (secondary N) is 3. The number of hydrogen-bond donors (Lipinski definition) is 4. The molecule has 0 fully saturated rings. The number of nitrogens with two attached hydrogens (primary N) is 1. The number of nitrogen functional groups attached to an aromatic ring is 1. The molecule has 34 heavy (non-hydrogen) atoms. The summed E-state index contributed by atoms with van der Waals surface area (Å²) in [5.74, 6) is 1.21. The first kappa shape index (κ1) is 23.7. The van der Waals surface area contributed by atoms with Gasteiger partial charge in [-0.1, -0.05) is 0 Å². The van der Waals surface area contributed by atoms with Crippen LogP contribution in [0.5, 0.6) is 5.75 Å². The first-order valence-corrected chi connectivity index (χ1v) is 12.1. The van der Waals surface area contributed by atoms with Gasteiger partial charge in [0.2, 0.25) is 0 Å². The van der Waals surface area contributed by atoms with Crippen molar-refractivity contribution in [1.29, 1.82) is 5.41 Å². The number of carbonyl (C=O) groups is 1. The monoisotopic (exact) mass is 482 g/mol. The highest BCUT2D eigenvalue weighted by molar-refractivity contribution is 7.19. The fourth-order valence-corrected chi connectivity index (χ4v) is 5.12. The lowest BCUT2D eigenvalue weighted by Crippen LogP contribution is -2.34. The van der Waals surface area contributed by atoms with Gasteiger partial charge >= 0.3 is 6.09 Å². The van der Waals surface area contributed by atoms with Gasteiger partial charge in [-0.05, 0) is 58.1 Å². The second kappa shape index (κ2) is 9.84. The lowest BCUT2D eigenvalue weighted by molar-refractivity contribution is 0.0520. The molecule has 3 aromatic rings. The van der Waals surface area contributed by atoms with Crippen LogP contribution in [0, 0.1) is 5.41 Å². The Morgan fingerprint density at radius 3 is 2.82 bits per heavy atom. The minimum absolute atomic E-state index is 0.213. The van der Waals surface area contributed by atoms with Crippen molar-refractivity contribution in [3.05, 3.63) is 34.5 Å². The molecule has 4 rings (SSSR count). The van der Waals surface area contributed by atoms with Gasteiger partial charge in [0.05, 0.1) is 17.6 Å². The zero-order valence-corrected chi connectivity index (χ0v) is 20.5. The summed E-state index contributed by atoms with van der Waals surface area (Å²) in [5.41, 5.74) is 8.50. The van der Waals surface area contributed by atoms with Gasteiger partial charge in [-0.2, -0.15) is 0 Å². The summed E-state index contributed by atoms with van der Waals surface area (Å²) in [5, 5.41) is 14.8. The number of nitrogens with zero attached hydrogens (tertiary/aromatic N) is 2. The summed E-state index contributed by atoms with van der Waals surface area (Å²) < 4.78 is 11.2. The van der Waals surface area contributed by atoms with Crippen molar-refractivity contribution >= 4 is 51.1 Å². The van der Waals surface area contributed by atoms with Crippen molar-refractivity contribution in [2.45, 2.75) is 52.1 Å². The molecule has 0 radical (unpaired) electrons. The van der Waals surface area contributed by atoms with Gasteiger partial charge < -0.3 is 31.3 Å². The Morgan fingerprint density at radius 1 is 1.26 bits per heavy atom. The Balaban J connectivity index is 1.56. The topological polar surface area (TPSA) is 135 Å². The number of aryl methyl sites for hydroxylation is 2. The van der Waals surface area contributed by atoms with Gasteiger partial charge in [0.15, 0.2) is 0 Å². The van der Waals surface area contributed by atoms with Gasteiger partial charge in [-0.15, -0.1) is 11.3 Å². The molecule has 180 valence electrons. The summed E-state index contributed by atoms with van der Waals surface area (Å²) in [6.45, 7) is 5.90. The lowest BCUT2D eigenvalue weighted by atomic mass is 9.97. The van der Waals surface area contributed by atoms with E-state index in [1.165, 1.54) is 23.1 Å². The third kappa shape index (κ3) is 5.39. The van der Waals surface area contributed by atoms with E-state index in [9.17, 15) is 4.79 Å². The minimum atomic E-state index is -0.567. The maximum absolute atomic E-state index is 11.9. The van der Waals surface area contributed by atoms with Crippen molar-refractivity contribution in [3.8, 4) is 5.75 Å². The Kier molecular flexibility index (Phi) is 6.87. The number of rotatable bonds is 7. The predicted octanol–water partition coefficient (Wildman–Crippen LogP) is 4.80. The average molecular weight is 483 g/mol. The van der Waals surface area contributed by atoms with Crippen molar-refractivity contribution < 1.29 is 14.3 Å². The van der Waals surface area contributed by atoms with Crippen molar-refractivity contribution in [2.75, 3.05) is 24.2 Å². The van der Waals surface area contributed by atoms with Crippen LogP contribution in [0.2, 0.25) is 0 Å². The molecule has 9 nitrogen and oxygen atoms in total. The lowest BCUT2D eigenvalue weighted by Gasteiger charge is -2.20. The highest BCUT2D eigenvalue weighted by Gasteiger charge is 2.21. The standard InChI is InChI=1S/C24H30N6O3S/c1-24(2,3)33-23(31)27-8-9-32-18-11-16(26)14(12-25)10-17(18)30-21-20-15-6-4-5-7-19(15)34-22(20)29-13-28-21/h10-13,25H,4-9,26H2,1-3H3,(H,27,31)(H,28,29,30). The van der Waals surface area contributed by atoms with Crippen LogP contribution in [0.25, 0.3) is 10.2 Å². The molecule has 1 amide bonds. The van der Waals surface area contributed by atoms with Crippen LogP contribution in [0.1, 0.15) is 49.6 Å². The average Bonchev–Trinajstić information content (AvgIpc) is 3.16. The van der Waals surface area contributed by atoms with Crippen LogP contribution in [0.4, 0.5) is 22.0 Å². The highest BCUT2D eigenvalue weighted by Crippen LogP contribution is 2.40. The Hall–Kier alpha value is -3.40. The van der Waals surface area contributed by atoms with E-state index in [4.69, 9.17) is 20.6 Å². The third-order valence-electron chi connectivity index (χ3n) is 5.37. The van der Waals surface area contributed by atoms with E-state index >= 15 is 0 Å². The van der Waals surface area contributed by atoms with E-state index in [0.29, 0.717) is 28.5 Å². The van der Waals surface area contributed by atoms with Gasteiger partial charge in [0.1, 0.15) is 34.9 Å². The fraction of sp³-hybridized carbons (Fsp3) is 0.417. The Morgan fingerprint density at radius 2 is 2.06 bits per heavy atom. The number of anilines is 3. The van der Waals surface area contributed by atoms with Crippen molar-refractivity contribution in [3.63, 3.8) is 0 Å². The number of benzene rings is 1. The van der Waals surface area contributed by atoms with Gasteiger partial charge in [0.25, 0.3) is 0 Å². The number of fused-ring (bicyclic) bond motifs is 3. The molecule has 2 aromatic heterocycles. The van der Waals surface area contributed by atoms with Gasteiger partial charge in [-0.3, -0.25) is 0 Å². The quantitative estimate of drug-likeness (QED) is 0.216. The molecule has 0 spiro atoms. The molecule has 0 saturated carbocycles. The number of hydrogen-bond acceptors (Lipinski definition) is 9. The molecule has 0 unspecified atom stereocenters. The van der Waals surface area contributed by atoms with Crippen LogP contribution in [0.3, 0.4) is 0 Å². The molecular weight excluding hydrogens is 452 g/mol. The fourth-order valence-electron chi connectivity index (χ4n) is 3.90. The zero-order chi connectivity index (χ0) is 24.3. The number of alkyl carbamates (subject to hydrolysis) is 1. The number of carbonyl (C=O) groups excluding carboxylic acids is 1. The molecule has 1 aliphatic carbocycles. The molecule has 1 aromatic carbocycles. The molecule has 10 heteroatoms. The van der Waals surface area contributed by atoms with E-state index < -0.39 is 11.7 Å². The smallest absolute Gasteiger partial charge is 0.407 e. The van der Waals surface area contributed by atoms with E-state index in [0.717, 1.165) is 29.5 Å². The zero-order valence-electron chi connectivity index (χ0n) is 19.7. The molecular formula is C24H30N6O3S. The van der Waals surface area contributed by atoms with Crippen LogP contribution < -0.4 is 21.1 Å². The summed E-state index contributed by atoms with van der Waals surface area (Å²) in [7, 11) is 0. The van der Waals surface area contributed by atoms with E-state index in [-0.39, 0.29) is 13.2 Å². The van der Waals surface area contributed by atoms with Gasteiger partial charge in [-0.25, -0.2) is 14.8 Å². The summed E-state index contributed by atoms with van der Waals surface area (Å²) in [6, 6.07) is 3.45. The third-order valence-corrected chi connectivity index (χ3v) is 6.57. The normalized spacial score (nSPS) is 13.3. The molecule has 1 aliphatic rings. The molecule has 5 N–H and O–H groups in total. The minimum Gasteiger partial charge on any atom is -0.489 e. The second-order valence-corrected chi connectivity index (χ2v) is 10.2. The van der Waals surface area contributed by atoms with Crippen molar-refractivity contribution in [2.24, 2.45) is 0 Å². The second-order valence-electron chi connectivity index (χ2n) is 9.14. The van der Waals surface area contributed by atoms with Crippen LogP contribution in [0.15, 0.2) is 18.5 Å². The molecule has 0 atom stereocenters. The van der Waals surface area contributed by atoms with E-state index in [1.54, 1.807) is 29.8 Å². The molecule has 0 aliphatic heterocycles. The Labute approximate surface area is 202 Å². The number of ether oxygens (including phenoxy) is 2. The van der Waals surface area contributed by atoms with Crippen LogP contribution >= 0.6 is 11.3 Å². The Bertz CT molecular complexity index is 1220. The summed E-state index contributed by atoms with van der Waals surface area (Å²) in [4.78, 5) is 23.2. The SMILES string of the molecule is CC(C)(C)OC(=O)NCCOc1cc(N)c(C=N)cc1Nc1ncnc2sc3c(c12)CCCC3. The maximum atomic E-state index is 11.9. The first-order chi connectivity index (χ1) is 16.2. The van der Waals surface area contributed by atoms with E-state index in [2.05, 4.69) is 20.6 Å². The maximum Gasteiger partial charge on any atom is 0.407 e. The molecule has 2 heterocycles. The van der Waals surface area contributed by atoms with Crippen LogP contribution in [-0.4, -0.2) is 41.0 Å². The summed E-state index contributed by atoms with van der Waals surface area (Å²) >= 11 is 1.73. The van der Waals surface area contributed by atoms with Crippen LogP contribution in [-0.2, 0) is 17.6 Å². The predicted molar refractivity (Wildman–Crippen MR) is 136 cm³/mol. The first-order valence-electron chi connectivity index (χ1n) is 11.3. The molecule has 0 bridgehead atoms. The van der Waals surface area contributed by atoms with E-state index in [1.807, 2.05) is 20.8 Å². The van der Waals surface area contributed by atoms with Gasteiger partial charge in [0, 0.05) is 28.4 Å². The highest BCUT2D eigenvalue weighted by atomic mass is 32.1.